The summed E-state index contributed by atoms with van der Waals surface area (Å²) < 4.78 is 0. The lowest BCUT2D eigenvalue weighted by Gasteiger charge is -2.29. The average molecular weight is 691 g/mol. The molecule has 0 fully saturated rings. The van der Waals surface area contributed by atoms with Crippen LogP contribution < -0.4 is 0 Å². The lowest BCUT2D eigenvalue weighted by Crippen LogP contribution is -2.22. The monoisotopic (exact) mass is 690 g/mol. The number of hydrogen-bond donors (Lipinski definition) is 0. The smallest absolute Gasteiger partial charge is 0.0665 e. The van der Waals surface area contributed by atoms with Crippen molar-refractivity contribution in [3.8, 4) is 22.3 Å². The molecule has 2 aliphatic carbocycles. The summed E-state index contributed by atoms with van der Waals surface area (Å²) in [5.41, 5.74) is 15.5. The van der Waals surface area contributed by atoms with Gasteiger partial charge in [-0.1, -0.05) is 206 Å². The summed E-state index contributed by atoms with van der Waals surface area (Å²) >= 11 is 0. The fourth-order valence-corrected chi connectivity index (χ4v) is 8.66. The molecule has 0 heterocycles. The van der Waals surface area contributed by atoms with E-state index < -0.39 is 0 Å². The SMILES string of the molecule is C/C=C\C=C/C1=CC2(c3cc(-c4ccc(Cc5cccc6ccccc56)cc4)ccc31)c1ccccc1-c1ccc3ccccc3c12.Cc1ccccc1. The van der Waals surface area contributed by atoms with Crippen molar-refractivity contribution >= 4 is 27.1 Å². The zero-order valence-electron chi connectivity index (χ0n) is 30.8. The predicted octanol–water partition coefficient (Wildman–Crippen LogP) is 14.1. The molecule has 54 heavy (non-hydrogen) atoms. The van der Waals surface area contributed by atoms with Crippen molar-refractivity contribution in [1.82, 2.24) is 0 Å². The minimum atomic E-state index is -0.373. The van der Waals surface area contributed by atoms with Gasteiger partial charge in [0.25, 0.3) is 0 Å². The van der Waals surface area contributed by atoms with E-state index in [9.17, 15) is 0 Å². The number of hydrogen-bond acceptors (Lipinski definition) is 0. The second kappa shape index (κ2) is 14.1. The zero-order valence-corrected chi connectivity index (χ0v) is 30.8. The van der Waals surface area contributed by atoms with Crippen molar-refractivity contribution in [1.29, 1.82) is 0 Å². The van der Waals surface area contributed by atoms with Gasteiger partial charge in [-0.05, 0) is 109 Å². The third-order valence-electron chi connectivity index (χ3n) is 11.2. The van der Waals surface area contributed by atoms with Gasteiger partial charge in [0, 0.05) is 0 Å². The van der Waals surface area contributed by atoms with Gasteiger partial charge in [-0.15, -0.1) is 0 Å². The molecular weight excluding hydrogens is 649 g/mol. The van der Waals surface area contributed by atoms with Crippen LogP contribution in [-0.2, 0) is 11.8 Å². The highest BCUT2D eigenvalue weighted by Gasteiger charge is 2.48. The summed E-state index contributed by atoms with van der Waals surface area (Å²) in [5.74, 6) is 0. The molecular formula is C54H42. The molecule has 0 saturated heterocycles. The van der Waals surface area contributed by atoms with Gasteiger partial charge in [-0.3, -0.25) is 0 Å². The molecule has 0 heteroatoms. The molecule has 0 amide bonds. The number of fused-ring (bicyclic) bond motifs is 10. The molecule has 1 unspecified atom stereocenters. The molecule has 8 aromatic carbocycles. The van der Waals surface area contributed by atoms with Crippen molar-refractivity contribution in [2.45, 2.75) is 25.7 Å². The van der Waals surface area contributed by atoms with Gasteiger partial charge in [-0.25, -0.2) is 0 Å². The van der Waals surface area contributed by atoms with Crippen LogP contribution in [-0.4, -0.2) is 0 Å². The molecule has 0 aliphatic heterocycles. The fourth-order valence-electron chi connectivity index (χ4n) is 8.66. The Morgan fingerprint density at radius 2 is 1.17 bits per heavy atom. The number of benzene rings is 8. The van der Waals surface area contributed by atoms with Crippen LogP contribution in [0.4, 0.5) is 0 Å². The first-order chi connectivity index (χ1) is 26.6. The van der Waals surface area contributed by atoms with Gasteiger partial charge in [-0.2, -0.15) is 0 Å². The maximum absolute atomic E-state index is 2.53. The Hall–Kier alpha value is -6.50. The topological polar surface area (TPSA) is 0 Å². The number of allylic oxidation sites excluding steroid dienone is 6. The van der Waals surface area contributed by atoms with E-state index in [4.69, 9.17) is 0 Å². The van der Waals surface area contributed by atoms with E-state index >= 15 is 0 Å². The molecule has 0 aromatic heterocycles. The van der Waals surface area contributed by atoms with Gasteiger partial charge in [0.15, 0.2) is 0 Å². The van der Waals surface area contributed by atoms with Crippen LogP contribution in [0.3, 0.4) is 0 Å². The first kappa shape index (κ1) is 33.3. The third kappa shape index (κ3) is 5.81. The van der Waals surface area contributed by atoms with Crippen LogP contribution in [0.2, 0.25) is 0 Å². The summed E-state index contributed by atoms with van der Waals surface area (Å²) in [7, 11) is 0. The van der Waals surface area contributed by atoms with Crippen LogP contribution in [0.1, 0.15) is 45.9 Å². The second-order valence-corrected chi connectivity index (χ2v) is 14.5. The van der Waals surface area contributed by atoms with Gasteiger partial charge < -0.3 is 0 Å². The van der Waals surface area contributed by atoms with Crippen LogP contribution in [0.25, 0.3) is 49.4 Å². The molecule has 10 rings (SSSR count). The van der Waals surface area contributed by atoms with Crippen molar-refractivity contribution in [3.63, 3.8) is 0 Å². The molecule has 1 spiro atoms. The van der Waals surface area contributed by atoms with Crippen molar-refractivity contribution in [2.24, 2.45) is 0 Å². The predicted molar refractivity (Wildman–Crippen MR) is 231 cm³/mol. The zero-order chi connectivity index (χ0) is 36.5. The maximum atomic E-state index is 2.53. The van der Waals surface area contributed by atoms with Crippen LogP contribution >= 0.6 is 0 Å². The summed E-state index contributed by atoms with van der Waals surface area (Å²) in [6.45, 7) is 4.15. The Labute approximate surface area is 319 Å². The first-order valence-electron chi connectivity index (χ1n) is 19.0. The standard InChI is InChI=1S/C47H34.C7H8/c1-2-3-4-14-38-31-47(44-20-10-9-19-42(44)43-28-25-35-13-6-8-18-41(35)46(43)47)45-30-36(26-27-40(38)45)33-23-21-32(22-24-33)29-37-16-11-15-34-12-5-7-17-39(34)37;1-7-5-3-2-4-6-7/h2-28,30-31H,29H2,1H3;2-6H,1H3/b3-2-,14-4-;. The van der Waals surface area contributed by atoms with E-state index in [1.165, 1.54) is 88.3 Å². The molecule has 0 N–H and O–H groups in total. The molecule has 258 valence electrons. The highest BCUT2D eigenvalue weighted by atomic mass is 14.5. The molecule has 1 atom stereocenters. The van der Waals surface area contributed by atoms with Gasteiger partial charge in [0.1, 0.15) is 0 Å². The highest BCUT2D eigenvalue weighted by Crippen LogP contribution is 2.60. The van der Waals surface area contributed by atoms with Crippen molar-refractivity contribution in [2.75, 3.05) is 0 Å². The van der Waals surface area contributed by atoms with E-state index in [1.807, 2.05) is 18.2 Å². The highest BCUT2D eigenvalue weighted by molar-refractivity contribution is 6.03. The third-order valence-corrected chi connectivity index (χ3v) is 11.2. The maximum Gasteiger partial charge on any atom is 0.0665 e. The molecule has 0 nitrogen and oxygen atoms in total. The van der Waals surface area contributed by atoms with E-state index in [1.54, 1.807) is 0 Å². The molecule has 0 saturated carbocycles. The summed E-state index contributed by atoms with van der Waals surface area (Å²) in [5, 5.41) is 5.24. The van der Waals surface area contributed by atoms with Crippen LogP contribution in [0, 0.1) is 6.92 Å². The second-order valence-electron chi connectivity index (χ2n) is 14.5. The molecule has 2 aliphatic rings. The molecule has 0 radical (unpaired) electrons. The normalized spacial score (nSPS) is 15.3. The number of aryl methyl sites for hydroxylation is 1. The lowest BCUT2D eigenvalue weighted by molar-refractivity contribution is 0.830. The van der Waals surface area contributed by atoms with E-state index in [0.29, 0.717) is 0 Å². The molecule has 0 bridgehead atoms. The Balaban J connectivity index is 0.000000496. The average Bonchev–Trinajstić information content (AvgIpc) is 3.70. The largest absolute Gasteiger partial charge is 0.0877 e. The number of rotatable bonds is 5. The van der Waals surface area contributed by atoms with E-state index in [0.717, 1.165) is 6.42 Å². The fraction of sp³-hybridized carbons (Fsp3) is 0.0741. The van der Waals surface area contributed by atoms with Gasteiger partial charge in [0.05, 0.1) is 5.41 Å². The van der Waals surface area contributed by atoms with Crippen molar-refractivity contribution in [3.05, 3.63) is 245 Å². The quantitative estimate of drug-likeness (QED) is 0.158. The molecule has 8 aromatic rings. The van der Waals surface area contributed by atoms with Gasteiger partial charge >= 0.3 is 0 Å². The Morgan fingerprint density at radius 1 is 0.500 bits per heavy atom. The van der Waals surface area contributed by atoms with Gasteiger partial charge in [0.2, 0.25) is 0 Å². The summed E-state index contributed by atoms with van der Waals surface area (Å²) in [4.78, 5) is 0. The summed E-state index contributed by atoms with van der Waals surface area (Å²) in [6, 6.07) is 64.4. The minimum absolute atomic E-state index is 0.373. The van der Waals surface area contributed by atoms with Crippen LogP contribution in [0.15, 0.2) is 206 Å². The Bertz CT molecular complexity index is 2730. The Morgan fingerprint density at radius 3 is 1.94 bits per heavy atom. The lowest BCUT2D eigenvalue weighted by atomic mass is 9.72. The van der Waals surface area contributed by atoms with E-state index in [-0.39, 0.29) is 5.41 Å². The van der Waals surface area contributed by atoms with Crippen LogP contribution in [0.5, 0.6) is 0 Å². The minimum Gasteiger partial charge on any atom is -0.0877 e. The Kier molecular flexibility index (Phi) is 8.73. The van der Waals surface area contributed by atoms with E-state index in [2.05, 4.69) is 202 Å². The van der Waals surface area contributed by atoms with Crippen molar-refractivity contribution < 1.29 is 0 Å². The first-order valence-corrected chi connectivity index (χ1v) is 19.0. The summed E-state index contributed by atoms with van der Waals surface area (Å²) in [6.07, 6.45) is 12.1.